The zero-order valence-corrected chi connectivity index (χ0v) is 12.1. The fraction of sp³-hybridized carbons (Fsp3) is 1.00. The number of hydrogen-bond acceptors (Lipinski definition) is 2. The van der Waals surface area contributed by atoms with Crippen LogP contribution in [0, 0.1) is 0 Å². The van der Waals surface area contributed by atoms with Crippen molar-refractivity contribution in [2.24, 2.45) is 0 Å². The van der Waals surface area contributed by atoms with Crippen LogP contribution in [-0.2, 0) is 4.43 Å². The van der Waals surface area contributed by atoms with Crippen LogP contribution in [0.4, 0.5) is 0 Å². The Hall–Kier alpha value is 0.137. The molecule has 1 aliphatic heterocycles. The third kappa shape index (κ3) is 3.89. The van der Waals surface area contributed by atoms with E-state index in [1.165, 1.54) is 25.9 Å². The van der Waals surface area contributed by atoms with Gasteiger partial charge in [-0.1, -0.05) is 20.8 Å². The van der Waals surface area contributed by atoms with Gasteiger partial charge >= 0.3 is 0 Å². The average molecular weight is 229 g/mol. The van der Waals surface area contributed by atoms with Crippen molar-refractivity contribution < 1.29 is 4.43 Å². The van der Waals surface area contributed by atoms with Gasteiger partial charge in [0.15, 0.2) is 8.32 Å². The zero-order valence-electron chi connectivity index (χ0n) is 11.1. The minimum Gasteiger partial charge on any atom is -0.416 e. The fourth-order valence-corrected chi connectivity index (χ4v) is 2.69. The highest BCUT2D eigenvalue weighted by atomic mass is 28.4. The summed E-state index contributed by atoms with van der Waals surface area (Å²) in [5, 5.41) is 0.345. The molecule has 0 amide bonds. The van der Waals surface area contributed by atoms with Crippen LogP contribution in [0.5, 0.6) is 0 Å². The SMILES string of the molecule is CC(C)(C)[Si](C)(C)OCCN1CCCC1. The van der Waals surface area contributed by atoms with Crippen LogP contribution in [-0.4, -0.2) is 39.5 Å². The molecule has 0 aromatic heterocycles. The lowest BCUT2D eigenvalue weighted by molar-refractivity contribution is 0.222. The van der Waals surface area contributed by atoms with Gasteiger partial charge in [0.25, 0.3) is 0 Å². The minimum atomic E-state index is -1.50. The van der Waals surface area contributed by atoms with E-state index in [4.69, 9.17) is 4.43 Å². The van der Waals surface area contributed by atoms with Gasteiger partial charge in [-0.15, -0.1) is 0 Å². The molecule has 0 unspecified atom stereocenters. The molecular formula is C12H27NOSi. The number of rotatable bonds is 4. The van der Waals surface area contributed by atoms with Crippen molar-refractivity contribution in [3.8, 4) is 0 Å². The molecule has 0 spiro atoms. The van der Waals surface area contributed by atoms with Gasteiger partial charge < -0.3 is 9.33 Å². The van der Waals surface area contributed by atoms with E-state index in [9.17, 15) is 0 Å². The smallest absolute Gasteiger partial charge is 0.192 e. The summed E-state index contributed by atoms with van der Waals surface area (Å²) in [5.41, 5.74) is 0. The predicted octanol–water partition coefficient (Wildman–Crippen LogP) is 3.10. The molecule has 0 aromatic carbocycles. The maximum Gasteiger partial charge on any atom is 0.192 e. The van der Waals surface area contributed by atoms with Gasteiger partial charge in [-0.05, 0) is 44.1 Å². The van der Waals surface area contributed by atoms with E-state index >= 15 is 0 Å². The van der Waals surface area contributed by atoms with Crippen LogP contribution in [0.3, 0.4) is 0 Å². The summed E-state index contributed by atoms with van der Waals surface area (Å²) in [6.07, 6.45) is 2.75. The molecule has 15 heavy (non-hydrogen) atoms. The molecule has 1 heterocycles. The van der Waals surface area contributed by atoms with Gasteiger partial charge in [-0.3, -0.25) is 0 Å². The predicted molar refractivity (Wildman–Crippen MR) is 68.8 cm³/mol. The van der Waals surface area contributed by atoms with Crippen molar-refractivity contribution in [2.45, 2.75) is 51.7 Å². The van der Waals surface area contributed by atoms with Crippen molar-refractivity contribution >= 4 is 8.32 Å². The average Bonchev–Trinajstić information content (AvgIpc) is 2.54. The zero-order chi connectivity index (χ0) is 11.5. The number of hydrogen-bond donors (Lipinski definition) is 0. The summed E-state index contributed by atoms with van der Waals surface area (Å²) in [7, 11) is -1.50. The highest BCUT2D eigenvalue weighted by molar-refractivity contribution is 6.74. The Morgan fingerprint density at radius 2 is 1.67 bits per heavy atom. The molecule has 2 nitrogen and oxygen atoms in total. The molecule has 1 aliphatic rings. The summed E-state index contributed by atoms with van der Waals surface area (Å²) in [5.74, 6) is 0. The quantitative estimate of drug-likeness (QED) is 0.687. The van der Waals surface area contributed by atoms with Crippen molar-refractivity contribution in [3.63, 3.8) is 0 Å². The lowest BCUT2D eigenvalue weighted by atomic mass is 10.2. The Morgan fingerprint density at radius 3 is 2.13 bits per heavy atom. The van der Waals surface area contributed by atoms with Crippen LogP contribution < -0.4 is 0 Å². The van der Waals surface area contributed by atoms with Gasteiger partial charge in [0.2, 0.25) is 0 Å². The summed E-state index contributed by atoms with van der Waals surface area (Å²) in [6, 6.07) is 0. The Kier molecular flexibility index (Phi) is 4.38. The van der Waals surface area contributed by atoms with Crippen LogP contribution in [0.2, 0.25) is 18.1 Å². The Morgan fingerprint density at radius 1 is 1.13 bits per heavy atom. The lowest BCUT2D eigenvalue weighted by Crippen LogP contribution is -2.42. The van der Waals surface area contributed by atoms with Gasteiger partial charge in [-0.2, -0.15) is 0 Å². The summed E-state index contributed by atoms with van der Waals surface area (Å²) < 4.78 is 6.15. The molecular weight excluding hydrogens is 202 g/mol. The highest BCUT2D eigenvalue weighted by Crippen LogP contribution is 2.36. The Bertz CT molecular complexity index is 192. The number of likely N-dealkylation sites (tertiary alicyclic amines) is 1. The first-order valence-corrected chi connectivity index (χ1v) is 9.10. The molecule has 0 aliphatic carbocycles. The maximum absolute atomic E-state index is 6.15. The van der Waals surface area contributed by atoms with E-state index < -0.39 is 8.32 Å². The second-order valence-corrected chi connectivity index (χ2v) is 11.0. The molecule has 0 atom stereocenters. The van der Waals surface area contributed by atoms with Gasteiger partial charge in [0.1, 0.15) is 0 Å². The summed E-state index contributed by atoms with van der Waals surface area (Å²) >= 11 is 0. The lowest BCUT2D eigenvalue weighted by Gasteiger charge is -2.36. The summed E-state index contributed by atoms with van der Waals surface area (Å²) in [6.45, 7) is 16.2. The standard InChI is InChI=1S/C12H27NOSi/c1-12(2,3)15(4,5)14-11-10-13-8-6-7-9-13/h6-11H2,1-5H3. The first kappa shape index (κ1) is 13.2. The molecule has 0 bridgehead atoms. The van der Waals surface area contributed by atoms with Crippen LogP contribution in [0.15, 0.2) is 0 Å². The molecule has 90 valence electrons. The molecule has 0 saturated carbocycles. The normalized spacial score (nSPS) is 19.8. The third-order valence-corrected chi connectivity index (χ3v) is 8.41. The third-order valence-electron chi connectivity index (χ3n) is 3.88. The van der Waals surface area contributed by atoms with E-state index in [0.717, 1.165) is 13.2 Å². The van der Waals surface area contributed by atoms with Gasteiger partial charge in [-0.25, -0.2) is 0 Å². The monoisotopic (exact) mass is 229 g/mol. The minimum absolute atomic E-state index is 0.345. The molecule has 1 rings (SSSR count). The van der Waals surface area contributed by atoms with Crippen molar-refractivity contribution in [3.05, 3.63) is 0 Å². The molecule has 1 fully saturated rings. The van der Waals surface area contributed by atoms with Crippen LogP contribution >= 0.6 is 0 Å². The molecule has 1 saturated heterocycles. The van der Waals surface area contributed by atoms with E-state index in [-0.39, 0.29) is 0 Å². The second kappa shape index (κ2) is 4.98. The van der Waals surface area contributed by atoms with Crippen LogP contribution in [0.1, 0.15) is 33.6 Å². The maximum atomic E-state index is 6.15. The van der Waals surface area contributed by atoms with E-state index in [1.807, 2.05) is 0 Å². The van der Waals surface area contributed by atoms with Crippen molar-refractivity contribution in [1.29, 1.82) is 0 Å². The first-order chi connectivity index (χ1) is 6.83. The van der Waals surface area contributed by atoms with Gasteiger partial charge in [0.05, 0.1) is 0 Å². The Balaban J connectivity index is 2.23. The van der Waals surface area contributed by atoms with E-state index in [2.05, 4.69) is 38.8 Å². The molecule has 0 radical (unpaired) electrons. The largest absolute Gasteiger partial charge is 0.416 e. The van der Waals surface area contributed by atoms with E-state index in [1.54, 1.807) is 0 Å². The molecule has 0 N–H and O–H groups in total. The molecule has 0 aromatic rings. The van der Waals surface area contributed by atoms with Crippen molar-refractivity contribution in [1.82, 2.24) is 4.90 Å². The second-order valence-electron chi connectivity index (χ2n) is 6.16. The van der Waals surface area contributed by atoms with Crippen molar-refractivity contribution in [2.75, 3.05) is 26.2 Å². The molecule has 3 heteroatoms. The highest BCUT2D eigenvalue weighted by Gasteiger charge is 2.36. The summed E-state index contributed by atoms with van der Waals surface area (Å²) in [4.78, 5) is 2.52. The fourth-order valence-electron chi connectivity index (χ4n) is 1.65. The van der Waals surface area contributed by atoms with E-state index in [0.29, 0.717) is 5.04 Å². The Labute approximate surface area is 96.1 Å². The van der Waals surface area contributed by atoms with Crippen LogP contribution in [0.25, 0.3) is 0 Å². The van der Waals surface area contributed by atoms with Gasteiger partial charge in [0, 0.05) is 13.2 Å². The topological polar surface area (TPSA) is 12.5 Å². The first-order valence-electron chi connectivity index (χ1n) is 6.19. The number of nitrogens with zero attached hydrogens (tertiary/aromatic N) is 1.